The van der Waals surface area contributed by atoms with Gasteiger partial charge in [-0.2, -0.15) is 0 Å². The van der Waals surface area contributed by atoms with Crippen LogP contribution in [0.25, 0.3) is 0 Å². The van der Waals surface area contributed by atoms with E-state index < -0.39 is 0 Å². The Hall–Kier alpha value is -2.34. The van der Waals surface area contributed by atoms with Gasteiger partial charge in [-0.15, -0.1) is 0 Å². The normalized spacial score (nSPS) is 28.8. The van der Waals surface area contributed by atoms with Crippen LogP contribution in [0.3, 0.4) is 0 Å². The van der Waals surface area contributed by atoms with Gasteiger partial charge in [0.05, 0.1) is 18.4 Å². The van der Waals surface area contributed by atoms with E-state index in [1.54, 1.807) is 0 Å². The van der Waals surface area contributed by atoms with Gasteiger partial charge in [0.15, 0.2) is 0 Å². The van der Waals surface area contributed by atoms with Gasteiger partial charge in [0.2, 0.25) is 11.8 Å². The summed E-state index contributed by atoms with van der Waals surface area (Å²) in [5.74, 6) is 0.782. The number of ether oxygens (including phenoxy) is 1. The van der Waals surface area contributed by atoms with Crippen LogP contribution in [0.2, 0.25) is 0 Å². The Morgan fingerprint density at radius 1 is 0.909 bits per heavy atom. The minimum absolute atomic E-state index is 0.00368. The van der Waals surface area contributed by atoms with Gasteiger partial charge in [-0.3, -0.25) is 9.59 Å². The van der Waals surface area contributed by atoms with Crippen LogP contribution in [0.5, 0.6) is 5.75 Å². The van der Waals surface area contributed by atoms with Gasteiger partial charge in [0.1, 0.15) is 12.4 Å². The molecule has 1 saturated heterocycles. The number of carbonyl (C=O) groups is 2. The van der Waals surface area contributed by atoms with E-state index in [4.69, 9.17) is 4.74 Å². The fourth-order valence-corrected chi connectivity index (χ4v) is 6.48. The van der Waals surface area contributed by atoms with Crippen molar-refractivity contribution in [1.29, 1.82) is 0 Å². The lowest BCUT2D eigenvalue weighted by atomic mass is 9.81. The maximum Gasteiger partial charge on any atom is 0.224 e. The van der Waals surface area contributed by atoms with Gasteiger partial charge >= 0.3 is 0 Å². The number of amides is 2. The van der Waals surface area contributed by atoms with E-state index in [2.05, 4.69) is 27.7 Å². The lowest BCUT2D eigenvalue weighted by Crippen LogP contribution is -2.45. The molecule has 6 nitrogen and oxygen atoms in total. The van der Waals surface area contributed by atoms with E-state index in [9.17, 15) is 9.59 Å². The Labute approximate surface area is 197 Å². The molecule has 0 unspecified atom stereocenters. The highest BCUT2D eigenvalue weighted by Gasteiger charge is 2.69. The first kappa shape index (κ1) is 22.5. The molecule has 1 aromatic rings. The number of carbonyl (C=O) groups excluding carboxylic acids is 2. The number of rotatable bonds is 11. The predicted octanol–water partition coefficient (Wildman–Crippen LogP) is 3.00. The molecule has 0 radical (unpaired) electrons. The smallest absolute Gasteiger partial charge is 0.224 e. The molecule has 33 heavy (non-hydrogen) atoms. The van der Waals surface area contributed by atoms with Gasteiger partial charge in [0.25, 0.3) is 0 Å². The van der Waals surface area contributed by atoms with Crippen molar-refractivity contribution >= 4 is 11.8 Å². The van der Waals surface area contributed by atoms with Crippen molar-refractivity contribution in [2.24, 2.45) is 29.1 Å². The minimum Gasteiger partial charge on any atom is -0.492 e. The Kier molecular flexibility index (Phi) is 6.72. The third-order valence-electron chi connectivity index (χ3n) is 8.26. The zero-order valence-electron chi connectivity index (χ0n) is 19.5. The van der Waals surface area contributed by atoms with Crippen molar-refractivity contribution in [3.63, 3.8) is 0 Å². The third kappa shape index (κ3) is 4.68. The van der Waals surface area contributed by atoms with Crippen molar-refractivity contribution in [3.05, 3.63) is 42.5 Å². The zero-order valence-corrected chi connectivity index (χ0v) is 19.5. The number of unbranched alkanes of at least 4 members (excludes halogenated alkanes) is 1. The fourth-order valence-electron chi connectivity index (χ4n) is 6.48. The van der Waals surface area contributed by atoms with Crippen molar-refractivity contribution in [3.8, 4) is 5.75 Å². The summed E-state index contributed by atoms with van der Waals surface area (Å²) in [5, 5.41) is 6.23. The highest BCUT2D eigenvalue weighted by atomic mass is 16.5. The molecule has 2 bridgehead atoms. The average molecular weight is 452 g/mol. The summed E-state index contributed by atoms with van der Waals surface area (Å²) in [5.41, 5.74) is 0.167. The van der Waals surface area contributed by atoms with E-state index in [1.807, 2.05) is 30.3 Å². The molecule has 1 aromatic carbocycles. The second kappa shape index (κ2) is 9.88. The first-order chi connectivity index (χ1) is 16.2. The number of nitrogens with zero attached hydrogens (tertiary/aromatic N) is 1. The molecular weight excluding hydrogens is 414 g/mol. The Balaban J connectivity index is 1.11. The molecule has 6 heteroatoms. The summed E-state index contributed by atoms with van der Waals surface area (Å²) in [4.78, 5) is 29.0. The topological polar surface area (TPSA) is 70.7 Å². The highest BCUT2D eigenvalue weighted by Crippen LogP contribution is 2.72. The number of likely N-dealkylation sites (tertiary alicyclic amines) is 1. The largest absolute Gasteiger partial charge is 0.492 e. The molecule has 4 aliphatic rings. The quantitative estimate of drug-likeness (QED) is 0.401. The third-order valence-corrected chi connectivity index (χ3v) is 8.26. The Morgan fingerprint density at radius 3 is 2.18 bits per heavy atom. The number of para-hydroxylation sites is 1. The average Bonchev–Trinajstić information content (AvgIpc) is 3.19. The van der Waals surface area contributed by atoms with Crippen molar-refractivity contribution in [2.45, 2.75) is 38.5 Å². The van der Waals surface area contributed by atoms with Gasteiger partial charge in [-0.25, -0.2) is 0 Å². The van der Waals surface area contributed by atoms with Crippen molar-refractivity contribution < 1.29 is 14.3 Å². The fraction of sp³-hybridized carbons (Fsp3) is 0.630. The van der Waals surface area contributed by atoms with Crippen LogP contribution < -0.4 is 15.4 Å². The maximum atomic E-state index is 13.2. The molecule has 3 fully saturated rings. The van der Waals surface area contributed by atoms with Crippen LogP contribution in [0, 0.1) is 29.1 Å². The summed E-state index contributed by atoms with van der Waals surface area (Å²) in [6, 6.07) is 9.62. The van der Waals surface area contributed by atoms with Crippen LogP contribution in [-0.4, -0.2) is 56.0 Å². The predicted molar refractivity (Wildman–Crippen MR) is 128 cm³/mol. The molecule has 2 N–H and O–H groups in total. The number of allylic oxidation sites excluding steroid dienone is 2. The Morgan fingerprint density at radius 2 is 1.55 bits per heavy atom. The summed E-state index contributed by atoms with van der Waals surface area (Å²) < 4.78 is 5.71. The number of hydrogen-bond donors (Lipinski definition) is 2. The molecule has 4 atom stereocenters. The van der Waals surface area contributed by atoms with E-state index >= 15 is 0 Å². The van der Waals surface area contributed by atoms with Gasteiger partial charge < -0.3 is 20.3 Å². The second-order valence-corrected chi connectivity index (χ2v) is 10.2. The number of benzene rings is 1. The summed E-state index contributed by atoms with van der Waals surface area (Å²) in [6.45, 7) is 5.15. The first-order valence-corrected chi connectivity index (χ1v) is 12.8. The molecule has 5 rings (SSSR count). The molecule has 1 heterocycles. The summed E-state index contributed by atoms with van der Waals surface area (Å²) in [7, 11) is 0. The molecule has 0 aromatic heterocycles. The molecule has 178 valence electrons. The van der Waals surface area contributed by atoms with E-state index in [1.165, 1.54) is 25.9 Å². The van der Waals surface area contributed by atoms with Gasteiger partial charge in [-0.05, 0) is 87.5 Å². The van der Waals surface area contributed by atoms with E-state index in [0.29, 0.717) is 19.7 Å². The van der Waals surface area contributed by atoms with Crippen molar-refractivity contribution in [1.82, 2.24) is 15.5 Å². The molecule has 1 aliphatic heterocycles. The standard InChI is InChI=1S/C27H37N3O3/c31-25(28-14-4-5-16-30-17-6-7-18-30)23-21-10-11-22(27(21)12-13-27)24(23)26(32)29-15-19-33-20-8-2-1-3-9-20/h1-3,8-11,21-24H,4-7,12-19H2,(H,28,31)(H,29,32)/t21-,22-,23-,24-/m1/s1. The van der Waals surface area contributed by atoms with Gasteiger partial charge in [0, 0.05) is 6.54 Å². The van der Waals surface area contributed by atoms with Crippen molar-refractivity contribution in [2.75, 3.05) is 39.3 Å². The molecule has 1 spiro atoms. The lowest BCUT2D eigenvalue weighted by molar-refractivity contribution is -0.135. The molecule has 3 aliphatic carbocycles. The Bertz CT molecular complexity index is 861. The number of hydrogen-bond acceptors (Lipinski definition) is 4. The van der Waals surface area contributed by atoms with Crippen LogP contribution >= 0.6 is 0 Å². The second-order valence-electron chi connectivity index (χ2n) is 10.2. The summed E-state index contributed by atoms with van der Waals surface area (Å²) >= 11 is 0. The zero-order chi connectivity index (χ0) is 22.7. The number of nitrogens with one attached hydrogen (secondary N) is 2. The van der Waals surface area contributed by atoms with E-state index in [-0.39, 0.29) is 40.9 Å². The van der Waals surface area contributed by atoms with Crippen LogP contribution in [0.15, 0.2) is 42.5 Å². The SMILES string of the molecule is O=C(NCCCCN1CCCC1)[C@H]1[C@H](C(=O)NCCOc2ccccc2)[C@H]2C=C[C@H]1C21CC1. The van der Waals surface area contributed by atoms with Crippen LogP contribution in [0.1, 0.15) is 38.5 Å². The maximum absolute atomic E-state index is 13.2. The van der Waals surface area contributed by atoms with E-state index in [0.717, 1.165) is 38.0 Å². The molecule has 2 amide bonds. The monoisotopic (exact) mass is 451 g/mol. The van der Waals surface area contributed by atoms with Crippen LogP contribution in [-0.2, 0) is 9.59 Å². The molecular formula is C27H37N3O3. The van der Waals surface area contributed by atoms with Crippen LogP contribution in [0.4, 0.5) is 0 Å². The summed E-state index contributed by atoms with van der Waals surface area (Å²) in [6.07, 6.45) is 11.4. The highest BCUT2D eigenvalue weighted by molar-refractivity contribution is 5.90. The minimum atomic E-state index is -0.260. The first-order valence-electron chi connectivity index (χ1n) is 12.8. The molecule has 2 saturated carbocycles. The van der Waals surface area contributed by atoms with Gasteiger partial charge in [-0.1, -0.05) is 30.4 Å². The lowest BCUT2D eigenvalue weighted by Gasteiger charge is -2.26.